The molecule has 12 amide bonds. The van der Waals surface area contributed by atoms with E-state index in [1.54, 1.807) is 60.5 Å². The number of imide groups is 4. The topological polar surface area (TPSA) is 448 Å². The molecule has 0 saturated carbocycles. The number of aliphatic carboxylic acids is 1. The van der Waals surface area contributed by atoms with Gasteiger partial charge >= 0.3 is 5.97 Å². The highest BCUT2D eigenvalue weighted by molar-refractivity contribution is 6.27. The number of aromatic nitrogens is 2. The number of hydrogen-bond acceptors (Lipinski definition) is 21. The second-order valence-electron chi connectivity index (χ2n) is 26.8. The van der Waals surface area contributed by atoms with Crippen LogP contribution < -0.4 is 58.9 Å². The summed E-state index contributed by atoms with van der Waals surface area (Å²) >= 11 is 0. The Hall–Kier alpha value is -14.7. The minimum atomic E-state index is -1.09. The van der Waals surface area contributed by atoms with Gasteiger partial charge in [-0.25, -0.2) is 0 Å². The van der Waals surface area contributed by atoms with Gasteiger partial charge in [0.05, 0.1) is 73.7 Å². The Morgan fingerprint density at radius 3 is 1.30 bits per heavy atom. The van der Waals surface area contributed by atoms with E-state index in [4.69, 9.17) is 22.3 Å². The lowest BCUT2D eigenvalue weighted by Crippen LogP contribution is -2.54. The number of primary amides is 2. The third kappa shape index (κ3) is 17.3. The molecule has 2 aromatic heterocycles. The fraction of sp³-hybridized carbons (Fsp3) is 0.181. The summed E-state index contributed by atoms with van der Waals surface area (Å²) in [6.45, 7) is 0.668. The molecule has 14 rings (SSSR count). The van der Waals surface area contributed by atoms with Gasteiger partial charge in [0.25, 0.3) is 47.3 Å². The molecular weight excluding hydrogens is 1450 g/mol. The van der Waals surface area contributed by atoms with Crippen LogP contribution in [0.1, 0.15) is 121 Å². The normalized spacial score (nSPS) is 14.8. The number of nitrogens with one attached hydrogen (secondary N) is 6. The minimum absolute atomic E-state index is 0.0135. The predicted molar refractivity (Wildman–Crippen MR) is 419 cm³/mol. The molecule has 13 N–H and O–H groups in total. The number of nitrogens with two attached hydrogens (primary N) is 3. The molecule has 2 unspecified atom stereocenters. The summed E-state index contributed by atoms with van der Waals surface area (Å²) in [4.78, 5) is 186. The summed E-state index contributed by atoms with van der Waals surface area (Å²) in [7, 11) is 3.13. The van der Waals surface area contributed by atoms with Gasteiger partial charge in [0.1, 0.15) is 18.6 Å². The maximum absolute atomic E-state index is 13.4. The van der Waals surface area contributed by atoms with Crippen LogP contribution in [0, 0.1) is 0 Å². The molecule has 10 aromatic rings. The molecule has 8 aromatic carbocycles. The van der Waals surface area contributed by atoms with E-state index in [1.165, 1.54) is 36.5 Å². The van der Waals surface area contributed by atoms with Crippen LogP contribution in [0.3, 0.4) is 0 Å². The van der Waals surface area contributed by atoms with E-state index in [1.807, 2.05) is 121 Å². The number of para-hydroxylation sites is 2. The maximum atomic E-state index is 13.4. The molecular formula is C83H75N15O15. The molecule has 30 nitrogen and oxygen atoms in total. The fourth-order valence-corrected chi connectivity index (χ4v) is 13.6. The van der Waals surface area contributed by atoms with Crippen LogP contribution in [-0.4, -0.2) is 166 Å². The van der Waals surface area contributed by atoms with Gasteiger partial charge in [-0.1, -0.05) is 84.9 Å². The summed E-state index contributed by atoms with van der Waals surface area (Å²) in [5, 5.41) is 27.0. The van der Waals surface area contributed by atoms with Crippen LogP contribution in [0.2, 0.25) is 0 Å². The van der Waals surface area contributed by atoms with E-state index in [9.17, 15) is 67.1 Å². The highest BCUT2D eigenvalue weighted by Crippen LogP contribution is 2.38. The summed E-state index contributed by atoms with van der Waals surface area (Å²) in [5.41, 5.74) is 27.1. The molecule has 6 heterocycles. The molecule has 572 valence electrons. The molecule has 4 aliphatic rings. The Morgan fingerprint density at radius 2 is 0.903 bits per heavy atom. The first-order valence-corrected chi connectivity index (χ1v) is 35.8. The molecule has 0 bridgehead atoms. The first kappa shape index (κ1) is 77.9. The van der Waals surface area contributed by atoms with Crippen LogP contribution in [-0.2, 0) is 28.8 Å². The summed E-state index contributed by atoms with van der Waals surface area (Å²) in [6.07, 6.45) is 3.64. The van der Waals surface area contributed by atoms with Crippen molar-refractivity contribution < 1.29 is 72.2 Å². The third-order valence-electron chi connectivity index (χ3n) is 19.2. The van der Waals surface area contributed by atoms with E-state index >= 15 is 0 Å². The number of Topliss-reactive ketones (excluding diaryl/α,β-unsaturated/α-hetero) is 1. The summed E-state index contributed by atoms with van der Waals surface area (Å²) in [5.74, 6) is -7.70. The number of likely N-dealkylation sites (N-methyl/N-ethyl adjacent to an activating group) is 2. The zero-order valence-electron chi connectivity index (χ0n) is 61.0. The Labute approximate surface area is 645 Å². The number of carboxylic acids is 1. The van der Waals surface area contributed by atoms with Crippen molar-refractivity contribution in [2.45, 2.75) is 50.6 Å². The van der Waals surface area contributed by atoms with Crippen molar-refractivity contribution in [2.75, 3.05) is 67.3 Å². The van der Waals surface area contributed by atoms with Crippen molar-refractivity contribution in [3.63, 3.8) is 0 Å². The Kier molecular flexibility index (Phi) is 23.6. The number of carboxylic acid groups (broad SMARTS) is 1. The fourth-order valence-electron chi connectivity index (χ4n) is 13.6. The number of pyridine rings is 2. The van der Waals surface area contributed by atoms with Crippen LogP contribution in [0.15, 0.2) is 194 Å². The Bertz CT molecular complexity index is 5530. The second kappa shape index (κ2) is 34.3. The SMILES string of the molecule is CN(CC(=O)CCCNC(=O)c1ccc(-c2ccc3ncc(C(N)=O)c(Nc4ccccc4)c3c2)cc1)c1cccc2c1C(=O)N(C1CCC(=O)NC1=O)C2=O.CN(CC(=O)O)c1cccc2c1C(=O)N(C1CCC(=O)NC1=O)C2=O.NCCNC(=O)c1ccc(-c2ccc3ncc(C(N)=O)c(Nc4ccccc4)c3c2)cc1. The quantitative estimate of drug-likeness (QED) is 0.0208. The van der Waals surface area contributed by atoms with Crippen molar-refractivity contribution in [3.05, 3.63) is 239 Å². The van der Waals surface area contributed by atoms with Crippen molar-refractivity contribution >= 4 is 139 Å². The van der Waals surface area contributed by atoms with Gasteiger partial charge in [-0.2, -0.15) is 0 Å². The first-order valence-electron chi connectivity index (χ1n) is 35.8. The minimum Gasteiger partial charge on any atom is -0.480 e. The number of benzene rings is 8. The highest BCUT2D eigenvalue weighted by Gasteiger charge is 2.48. The van der Waals surface area contributed by atoms with Crippen LogP contribution in [0.4, 0.5) is 34.1 Å². The number of nitrogens with zero attached hydrogens (tertiary/aromatic N) is 6. The van der Waals surface area contributed by atoms with E-state index < -0.39 is 77.1 Å². The smallest absolute Gasteiger partial charge is 0.323 e. The zero-order chi connectivity index (χ0) is 80.3. The van der Waals surface area contributed by atoms with Gasteiger partial charge < -0.3 is 53.4 Å². The lowest BCUT2D eigenvalue weighted by molar-refractivity contribution is -0.137. The number of fused-ring (bicyclic) bond motifs is 4. The standard InChI is InChI=1S/C42H37N7O7.C25H23N5O2.C16H15N3O6/c1-48(33-11-5-10-29-36(33)42(56)49(41(29)55)34-18-19-35(51)47-40(34)54)23-28(50)9-6-20-44-39(53)25-14-12-24(13-15-25)26-16-17-32-30(21-26)37(31(22-45-32)38(43)52)46-27-7-3-2-4-8-27;26-12-13-28-25(32)17-8-6-16(7-9-17)18-10-11-22-20(14-18)23(21(15-29-22)24(27)31)30-19-4-2-1-3-5-19;1-18(7-12(21)22)9-4-2-3-8-13(9)16(25)19(15(8)24)10-5-6-11(20)17-14(10)23/h2-5,7-8,10-17,21-22,34H,6,9,18-20,23H2,1H3,(H2,43,52)(H,44,53)(H,45,46)(H,47,51,54);1-11,14-15H,12-13,26H2,(H2,27,31)(H,28,32)(H,29,30);2-4,10H,5-7H2,1H3,(H,21,22)(H,17,20,23). The number of anilines is 6. The van der Waals surface area contributed by atoms with Gasteiger partial charge in [0.2, 0.25) is 23.6 Å². The molecule has 0 aliphatic carbocycles. The van der Waals surface area contributed by atoms with Crippen molar-refractivity contribution in [2.24, 2.45) is 17.2 Å². The van der Waals surface area contributed by atoms with Crippen molar-refractivity contribution in [1.29, 1.82) is 0 Å². The molecule has 2 fully saturated rings. The lowest BCUT2D eigenvalue weighted by Gasteiger charge is -2.28. The Morgan fingerprint density at radius 1 is 0.496 bits per heavy atom. The van der Waals surface area contributed by atoms with Gasteiger partial charge in [-0.05, 0) is 139 Å². The van der Waals surface area contributed by atoms with Gasteiger partial charge in [-0.3, -0.25) is 97.5 Å². The molecule has 2 saturated heterocycles. The molecule has 30 heteroatoms. The molecule has 113 heavy (non-hydrogen) atoms. The monoisotopic (exact) mass is 1520 g/mol. The zero-order valence-corrected chi connectivity index (χ0v) is 61.0. The largest absolute Gasteiger partial charge is 0.480 e. The molecule has 4 aliphatic heterocycles. The lowest BCUT2D eigenvalue weighted by atomic mass is 9.99. The highest BCUT2D eigenvalue weighted by atomic mass is 16.4. The van der Waals surface area contributed by atoms with Gasteiger partial charge in [0.15, 0.2) is 5.78 Å². The van der Waals surface area contributed by atoms with Crippen molar-refractivity contribution in [1.82, 2.24) is 41.0 Å². The molecule has 0 spiro atoms. The van der Waals surface area contributed by atoms with E-state index in [-0.39, 0.29) is 97.2 Å². The maximum Gasteiger partial charge on any atom is 0.323 e. The van der Waals surface area contributed by atoms with E-state index in [0.717, 1.165) is 54.3 Å². The van der Waals surface area contributed by atoms with Crippen LogP contribution in [0.25, 0.3) is 44.1 Å². The van der Waals surface area contributed by atoms with Gasteiger partial charge in [-0.15, -0.1) is 0 Å². The Balaban J connectivity index is 0.000000174. The number of carbonyl (C=O) groups excluding carboxylic acids is 13. The average Bonchev–Trinajstić information content (AvgIpc) is 1.63. The average molecular weight is 1520 g/mol. The summed E-state index contributed by atoms with van der Waals surface area (Å²) in [6, 6.07) is 52.0. The van der Waals surface area contributed by atoms with Crippen LogP contribution in [0.5, 0.6) is 0 Å². The second-order valence-corrected chi connectivity index (χ2v) is 26.8. The number of carbonyl (C=O) groups is 14. The number of amides is 12. The first-order chi connectivity index (χ1) is 54.4. The predicted octanol–water partition coefficient (Wildman–Crippen LogP) is 7.40. The number of ketones is 1. The third-order valence-corrected chi connectivity index (χ3v) is 19.2. The van der Waals surface area contributed by atoms with E-state index in [2.05, 4.69) is 41.9 Å². The van der Waals surface area contributed by atoms with Gasteiger partial charge in [0, 0.05) is 98.7 Å². The van der Waals surface area contributed by atoms with Crippen molar-refractivity contribution in [3.8, 4) is 22.3 Å². The molecule has 0 radical (unpaired) electrons. The molecule has 2 atom stereocenters. The summed E-state index contributed by atoms with van der Waals surface area (Å²) < 4.78 is 0. The van der Waals surface area contributed by atoms with E-state index in [0.29, 0.717) is 69.9 Å². The number of piperidine rings is 2. The number of rotatable bonds is 24. The number of hydrogen-bond donors (Lipinski definition) is 10. The van der Waals surface area contributed by atoms with Crippen LogP contribution >= 0.6 is 0 Å².